The van der Waals surface area contributed by atoms with E-state index in [-0.39, 0.29) is 0 Å². The fraction of sp³-hybridized carbons (Fsp3) is 0.538. The zero-order valence-corrected chi connectivity index (χ0v) is 11.0. The van der Waals surface area contributed by atoms with Gasteiger partial charge in [0, 0.05) is 35.6 Å². The molecule has 17 heavy (non-hydrogen) atoms. The Hall–Kier alpha value is -0.870. The molecule has 1 aromatic rings. The summed E-state index contributed by atoms with van der Waals surface area (Å²) in [6.45, 7) is 1.81. The Morgan fingerprint density at radius 1 is 1.41 bits per heavy atom. The Balaban J connectivity index is 1.93. The number of methoxy groups -OCH3 is 1. The zero-order chi connectivity index (χ0) is 12.1. The van der Waals surface area contributed by atoms with Crippen molar-refractivity contribution in [3.8, 4) is 5.75 Å². The van der Waals surface area contributed by atoms with E-state index in [9.17, 15) is 0 Å². The number of hydrogen-bond donors (Lipinski definition) is 1. The van der Waals surface area contributed by atoms with Crippen LogP contribution in [-0.2, 0) is 4.74 Å². The van der Waals surface area contributed by atoms with E-state index >= 15 is 0 Å². The third-order valence-corrected chi connectivity index (χ3v) is 4.29. The van der Waals surface area contributed by atoms with Crippen LogP contribution in [0.1, 0.15) is 12.8 Å². The van der Waals surface area contributed by atoms with Gasteiger partial charge < -0.3 is 15.2 Å². The number of nitrogen functional groups attached to an aromatic ring is 1. The average Bonchev–Trinajstić information content (AvgIpc) is 2.38. The maximum Gasteiger partial charge on any atom is 0.134 e. The SMILES string of the molecule is COc1cc(N)ccc1SCC1CCOCC1. The summed E-state index contributed by atoms with van der Waals surface area (Å²) in [7, 11) is 1.69. The van der Waals surface area contributed by atoms with Crippen LogP contribution in [0.25, 0.3) is 0 Å². The molecule has 1 aliphatic rings. The summed E-state index contributed by atoms with van der Waals surface area (Å²) in [5.74, 6) is 2.77. The van der Waals surface area contributed by atoms with Gasteiger partial charge in [0.15, 0.2) is 0 Å². The van der Waals surface area contributed by atoms with Gasteiger partial charge in [-0.3, -0.25) is 0 Å². The van der Waals surface area contributed by atoms with Crippen molar-refractivity contribution < 1.29 is 9.47 Å². The fourth-order valence-corrected chi connectivity index (χ4v) is 3.12. The molecule has 2 N–H and O–H groups in total. The predicted molar refractivity (Wildman–Crippen MR) is 71.7 cm³/mol. The van der Waals surface area contributed by atoms with Gasteiger partial charge in [0.1, 0.15) is 5.75 Å². The summed E-state index contributed by atoms with van der Waals surface area (Å²) in [5, 5.41) is 0. The van der Waals surface area contributed by atoms with E-state index in [0.717, 1.165) is 36.3 Å². The molecule has 4 heteroatoms. The number of nitrogens with two attached hydrogens (primary N) is 1. The summed E-state index contributed by atoms with van der Waals surface area (Å²) in [4.78, 5) is 1.17. The van der Waals surface area contributed by atoms with Crippen LogP contribution in [0.5, 0.6) is 5.75 Å². The number of thioether (sulfide) groups is 1. The Morgan fingerprint density at radius 3 is 2.88 bits per heavy atom. The molecule has 0 unspecified atom stereocenters. The van der Waals surface area contributed by atoms with Gasteiger partial charge in [0.2, 0.25) is 0 Å². The molecule has 1 fully saturated rings. The second-order valence-electron chi connectivity index (χ2n) is 4.28. The van der Waals surface area contributed by atoms with Crippen molar-refractivity contribution in [2.75, 3.05) is 31.8 Å². The third kappa shape index (κ3) is 3.54. The zero-order valence-electron chi connectivity index (χ0n) is 10.1. The minimum absolute atomic E-state index is 0.747. The second-order valence-corrected chi connectivity index (χ2v) is 5.34. The molecule has 1 saturated heterocycles. The van der Waals surface area contributed by atoms with Gasteiger partial charge in [0.05, 0.1) is 7.11 Å². The molecular formula is C13H19NO2S. The van der Waals surface area contributed by atoms with Crippen molar-refractivity contribution in [2.24, 2.45) is 5.92 Å². The first kappa shape index (κ1) is 12.6. The average molecular weight is 253 g/mol. The maximum absolute atomic E-state index is 5.74. The van der Waals surface area contributed by atoms with Crippen LogP contribution < -0.4 is 10.5 Å². The maximum atomic E-state index is 5.74. The monoisotopic (exact) mass is 253 g/mol. The smallest absolute Gasteiger partial charge is 0.134 e. The Morgan fingerprint density at radius 2 is 2.18 bits per heavy atom. The molecule has 0 bridgehead atoms. The summed E-state index contributed by atoms with van der Waals surface area (Å²) in [6.07, 6.45) is 2.34. The molecule has 0 aliphatic carbocycles. The van der Waals surface area contributed by atoms with Crippen LogP contribution >= 0.6 is 11.8 Å². The lowest BCUT2D eigenvalue weighted by atomic mass is 10.0. The van der Waals surface area contributed by atoms with Crippen LogP contribution in [-0.4, -0.2) is 26.1 Å². The topological polar surface area (TPSA) is 44.5 Å². The number of benzene rings is 1. The summed E-state index contributed by atoms with van der Waals surface area (Å²) >= 11 is 1.85. The number of rotatable bonds is 4. The minimum Gasteiger partial charge on any atom is -0.496 e. The molecule has 0 amide bonds. The van der Waals surface area contributed by atoms with E-state index in [1.54, 1.807) is 7.11 Å². The van der Waals surface area contributed by atoms with Gasteiger partial charge in [-0.1, -0.05) is 0 Å². The fourth-order valence-electron chi connectivity index (χ4n) is 1.92. The first-order valence-corrected chi connectivity index (χ1v) is 6.92. The van der Waals surface area contributed by atoms with Gasteiger partial charge in [-0.2, -0.15) is 0 Å². The lowest BCUT2D eigenvalue weighted by molar-refractivity contribution is 0.0728. The number of hydrogen-bond acceptors (Lipinski definition) is 4. The molecule has 0 spiro atoms. The molecule has 0 radical (unpaired) electrons. The van der Waals surface area contributed by atoms with Crippen molar-refractivity contribution in [1.82, 2.24) is 0 Å². The molecule has 0 aromatic heterocycles. The molecule has 0 atom stereocenters. The Labute approximate surface area is 107 Å². The van der Waals surface area contributed by atoms with Crippen LogP contribution in [0.15, 0.2) is 23.1 Å². The van der Waals surface area contributed by atoms with E-state index in [4.69, 9.17) is 15.2 Å². The van der Waals surface area contributed by atoms with Crippen LogP contribution in [0.3, 0.4) is 0 Å². The second kappa shape index (κ2) is 6.17. The molecule has 94 valence electrons. The highest BCUT2D eigenvalue weighted by Gasteiger charge is 2.15. The minimum atomic E-state index is 0.747. The van der Waals surface area contributed by atoms with Crippen LogP contribution in [0.2, 0.25) is 0 Å². The highest BCUT2D eigenvalue weighted by molar-refractivity contribution is 7.99. The standard InChI is InChI=1S/C13H19NO2S/c1-15-12-8-11(14)2-3-13(12)17-9-10-4-6-16-7-5-10/h2-3,8,10H,4-7,9,14H2,1H3. The van der Waals surface area contributed by atoms with Crippen molar-refractivity contribution in [3.63, 3.8) is 0 Å². The number of ether oxygens (including phenoxy) is 2. The van der Waals surface area contributed by atoms with Crippen molar-refractivity contribution in [2.45, 2.75) is 17.7 Å². The molecule has 1 aromatic carbocycles. The van der Waals surface area contributed by atoms with Crippen LogP contribution in [0, 0.1) is 5.92 Å². The summed E-state index contributed by atoms with van der Waals surface area (Å²) in [5.41, 5.74) is 6.48. The lowest BCUT2D eigenvalue weighted by Crippen LogP contribution is -2.17. The normalized spacial score (nSPS) is 17.0. The quantitative estimate of drug-likeness (QED) is 0.662. The molecule has 3 nitrogen and oxygen atoms in total. The van der Waals surface area contributed by atoms with E-state index in [1.165, 1.54) is 17.7 Å². The predicted octanol–water partition coefficient (Wildman–Crippen LogP) is 2.80. The third-order valence-electron chi connectivity index (χ3n) is 3.00. The van der Waals surface area contributed by atoms with Gasteiger partial charge in [0.25, 0.3) is 0 Å². The van der Waals surface area contributed by atoms with E-state index in [1.807, 2.05) is 30.0 Å². The molecule has 0 saturated carbocycles. The first-order chi connectivity index (χ1) is 8.29. The summed E-state index contributed by atoms with van der Waals surface area (Å²) in [6, 6.07) is 5.85. The van der Waals surface area contributed by atoms with Gasteiger partial charge in [-0.15, -0.1) is 11.8 Å². The highest BCUT2D eigenvalue weighted by atomic mass is 32.2. The van der Waals surface area contributed by atoms with Crippen molar-refractivity contribution in [3.05, 3.63) is 18.2 Å². The largest absolute Gasteiger partial charge is 0.496 e. The molecule has 2 rings (SSSR count). The first-order valence-electron chi connectivity index (χ1n) is 5.93. The van der Waals surface area contributed by atoms with E-state index in [2.05, 4.69) is 0 Å². The van der Waals surface area contributed by atoms with Gasteiger partial charge >= 0.3 is 0 Å². The van der Waals surface area contributed by atoms with Crippen molar-refractivity contribution in [1.29, 1.82) is 0 Å². The van der Waals surface area contributed by atoms with Crippen LogP contribution in [0.4, 0.5) is 5.69 Å². The summed E-state index contributed by atoms with van der Waals surface area (Å²) < 4.78 is 10.7. The van der Waals surface area contributed by atoms with E-state index < -0.39 is 0 Å². The lowest BCUT2D eigenvalue weighted by Gasteiger charge is -2.21. The van der Waals surface area contributed by atoms with Crippen molar-refractivity contribution >= 4 is 17.4 Å². The Bertz CT molecular complexity index is 364. The Kier molecular flexibility index (Phi) is 4.57. The molecule has 1 aliphatic heterocycles. The highest BCUT2D eigenvalue weighted by Crippen LogP contribution is 2.33. The molecule has 1 heterocycles. The van der Waals surface area contributed by atoms with Gasteiger partial charge in [-0.05, 0) is 30.9 Å². The van der Waals surface area contributed by atoms with Gasteiger partial charge in [-0.25, -0.2) is 0 Å². The van der Waals surface area contributed by atoms with E-state index in [0.29, 0.717) is 0 Å². The number of anilines is 1. The molecular weight excluding hydrogens is 234 g/mol.